The summed E-state index contributed by atoms with van der Waals surface area (Å²) in [5.74, 6) is 0.449. The molecule has 128 valence electrons. The Morgan fingerprint density at radius 3 is 2.54 bits per heavy atom. The Labute approximate surface area is 142 Å². The second-order valence-corrected chi connectivity index (χ2v) is 5.50. The summed E-state index contributed by atoms with van der Waals surface area (Å²) in [4.78, 5) is 11.7. The molecule has 0 spiro atoms. The van der Waals surface area contributed by atoms with Crippen molar-refractivity contribution in [3.63, 3.8) is 0 Å². The number of urea groups is 1. The predicted octanol–water partition coefficient (Wildman–Crippen LogP) is 3.66. The van der Waals surface area contributed by atoms with E-state index in [0.717, 1.165) is 24.2 Å². The van der Waals surface area contributed by atoms with Gasteiger partial charge in [0.15, 0.2) is 6.73 Å². The van der Waals surface area contributed by atoms with E-state index in [-0.39, 0.29) is 18.6 Å². The summed E-state index contributed by atoms with van der Waals surface area (Å²) in [5.41, 5.74) is 2.12. The predicted molar refractivity (Wildman–Crippen MR) is 92.6 cm³/mol. The molecule has 2 N–H and O–H groups in total. The molecule has 0 fully saturated rings. The molecule has 0 bridgehead atoms. The molecule has 0 unspecified atom stereocenters. The first-order valence-electron chi connectivity index (χ1n) is 8.15. The maximum atomic E-state index is 13.0. The molecule has 5 heteroatoms. The number of nitrogens with one attached hydrogen (secondary N) is 2. The van der Waals surface area contributed by atoms with Crippen LogP contribution in [0.3, 0.4) is 0 Å². The smallest absolute Gasteiger partial charge is 0.317 e. The number of ether oxygens (including phenoxy) is 1. The molecule has 0 heterocycles. The Kier molecular flexibility index (Phi) is 7.08. The molecule has 0 radical (unpaired) electrons. The number of amides is 2. The largest absolute Gasteiger partial charge is 0.473 e. The van der Waals surface area contributed by atoms with Crippen LogP contribution in [0.5, 0.6) is 5.75 Å². The van der Waals surface area contributed by atoms with E-state index in [1.165, 1.54) is 17.7 Å². The summed E-state index contributed by atoms with van der Waals surface area (Å²) in [7, 11) is 0. The lowest BCUT2D eigenvalue weighted by Gasteiger charge is -2.10. The van der Waals surface area contributed by atoms with Gasteiger partial charge in [0.25, 0.3) is 0 Å². The number of hydrogen-bond donors (Lipinski definition) is 2. The third-order valence-corrected chi connectivity index (χ3v) is 3.52. The van der Waals surface area contributed by atoms with Gasteiger partial charge in [-0.1, -0.05) is 37.6 Å². The lowest BCUT2D eigenvalue weighted by atomic mass is 10.1. The number of halogens is 1. The normalized spacial score (nSPS) is 10.2. The summed E-state index contributed by atoms with van der Waals surface area (Å²) in [6.07, 6.45) is 2.73. The third-order valence-electron chi connectivity index (χ3n) is 3.52. The van der Waals surface area contributed by atoms with Crippen LogP contribution in [-0.2, 0) is 12.8 Å². The van der Waals surface area contributed by atoms with Crippen LogP contribution in [0.15, 0.2) is 48.5 Å². The number of rotatable bonds is 8. The molecule has 24 heavy (non-hydrogen) atoms. The number of carbonyl (C=O) groups excluding carboxylic acids is 1. The van der Waals surface area contributed by atoms with Gasteiger partial charge in [-0.25, -0.2) is 9.18 Å². The highest BCUT2D eigenvalue weighted by Gasteiger charge is 2.01. The van der Waals surface area contributed by atoms with Crippen LogP contribution in [0.25, 0.3) is 0 Å². The average Bonchev–Trinajstić information content (AvgIpc) is 2.57. The van der Waals surface area contributed by atoms with Crippen molar-refractivity contribution in [2.24, 2.45) is 0 Å². The van der Waals surface area contributed by atoms with Gasteiger partial charge in [0.1, 0.15) is 11.6 Å². The summed E-state index contributed by atoms with van der Waals surface area (Å²) in [6.45, 7) is 2.67. The first-order valence-corrected chi connectivity index (χ1v) is 8.15. The zero-order valence-electron chi connectivity index (χ0n) is 13.8. The maximum Gasteiger partial charge on any atom is 0.317 e. The Hall–Kier alpha value is -2.56. The van der Waals surface area contributed by atoms with Gasteiger partial charge in [-0.2, -0.15) is 0 Å². The summed E-state index contributed by atoms with van der Waals surface area (Å²) in [5, 5.41) is 5.33. The van der Waals surface area contributed by atoms with Gasteiger partial charge in [-0.05, 0) is 48.2 Å². The van der Waals surface area contributed by atoms with Crippen molar-refractivity contribution in [2.45, 2.75) is 26.2 Å². The fraction of sp³-hybridized carbons (Fsp3) is 0.316. The van der Waals surface area contributed by atoms with E-state index in [2.05, 4.69) is 17.6 Å². The minimum atomic E-state index is -0.311. The van der Waals surface area contributed by atoms with Crippen molar-refractivity contribution in [3.05, 3.63) is 65.5 Å². The summed E-state index contributed by atoms with van der Waals surface area (Å²) >= 11 is 0. The van der Waals surface area contributed by atoms with Gasteiger partial charge < -0.3 is 15.4 Å². The van der Waals surface area contributed by atoms with Crippen molar-refractivity contribution >= 4 is 6.03 Å². The van der Waals surface area contributed by atoms with E-state index in [1.54, 1.807) is 6.07 Å². The lowest BCUT2D eigenvalue weighted by Crippen LogP contribution is -2.38. The highest BCUT2D eigenvalue weighted by molar-refractivity contribution is 5.73. The Bertz CT molecular complexity index is 644. The molecule has 0 aliphatic heterocycles. The Balaban J connectivity index is 1.62. The second kappa shape index (κ2) is 9.55. The highest BCUT2D eigenvalue weighted by atomic mass is 19.1. The van der Waals surface area contributed by atoms with Gasteiger partial charge in [-0.15, -0.1) is 0 Å². The molecule has 0 atom stereocenters. The first kappa shape index (κ1) is 17.8. The van der Waals surface area contributed by atoms with Crippen molar-refractivity contribution in [3.8, 4) is 5.75 Å². The van der Waals surface area contributed by atoms with Gasteiger partial charge in [0, 0.05) is 6.54 Å². The van der Waals surface area contributed by atoms with Crippen molar-refractivity contribution in [1.82, 2.24) is 10.6 Å². The molecule has 2 rings (SSSR count). The summed E-state index contributed by atoms with van der Waals surface area (Å²) in [6, 6.07) is 13.9. The molecule has 0 aliphatic carbocycles. The highest BCUT2D eigenvalue weighted by Crippen LogP contribution is 2.12. The van der Waals surface area contributed by atoms with Crippen LogP contribution in [-0.4, -0.2) is 19.3 Å². The standard InChI is InChI=1S/C19H23FN2O2/c1-2-4-15-7-9-18(10-8-15)24-14-22-19(23)21-12-11-16-5-3-6-17(20)13-16/h3,5-10,13H,2,4,11-12,14H2,1H3,(H2,21,22,23). The molecule has 2 amide bonds. The van der Waals surface area contributed by atoms with Crippen LogP contribution in [0.2, 0.25) is 0 Å². The monoisotopic (exact) mass is 330 g/mol. The van der Waals surface area contributed by atoms with E-state index in [0.29, 0.717) is 13.0 Å². The van der Waals surface area contributed by atoms with Gasteiger partial charge >= 0.3 is 6.03 Å². The van der Waals surface area contributed by atoms with Crippen molar-refractivity contribution < 1.29 is 13.9 Å². The molecule has 2 aromatic carbocycles. The molecule has 4 nitrogen and oxygen atoms in total. The topological polar surface area (TPSA) is 50.4 Å². The van der Waals surface area contributed by atoms with Crippen LogP contribution < -0.4 is 15.4 Å². The third kappa shape index (κ3) is 6.28. The second-order valence-electron chi connectivity index (χ2n) is 5.50. The molecule has 0 saturated carbocycles. The van der Waals surface area contributed by atoms with E-state index in [4.69, 9.17) is 4.74 Å². The molecular weight excluding hydrogens is 307 g/mol. The fourth-order valence-electron chi connectivity index (χ4n) is 2.30. The van der Waals surface area contributed by atoms with E-state index < -0.39 is 0 Å². The summed E-state index contributed by atoms with van der Waals surface area (Å²) < 4.78 is 18.5. The molecule has 0 aliphatic rings. The number of carbonyl (C=O) groups is 1. The Morgan fingerprint density at radius 2 is 1.83 bits per heavy atom. The van der Waals surface area contributed by atoms with E-state index in [1.807, 2.05) is 30.3 Å². The molecule has 2 aromatic rings. The number of benzene rings is 2. The number of hydrogen-bond acceptors (Lipinski definition) is 2. The van der Waals surface area contributed by atoms with Crippen LogP contribution in [0.1, 0.15) is 24.5 Å². The van der Waals surface area contributed by atoms with Crippen LogP contribution in [0.4, 0.5) is 9.18 Å². The average molecular weight is 330 g/mol. The van der Waals surface area contributed by atoms with Crippen molar-refractivity contribution in [1.29, 1.82) is 0 Å². The molecule has 0 saturated heterocycles. The molecular formula is C19H23FN2O2. The maximum absolute atomic E-state index is 13.0. The fourth-order valence-corrected chi connectivity index (χ4v) is 2.30. The first-order chi connectivity index (χ1) is 11.7. The minimum Gasteiger partial charge on any atom is -0.473 e. The minimum absolute atomic E-state index is 0.0962. The molecule has 0 aromatic heterocycles. The quantitative estimate of drug-likeness (QED) is 0.726. The van der Waals surface area contributed by atoms with E-state index >= 15 is 0 Å². The van der Waals surface area contributed by atoms with Gasteiger partial charge in [0.2, 0.25) is 0 Å². The van der Waals surface area contributed by atoms with Crippen LogP contribution in [0, 0.1) is 5.82 Å². The van der Waals surface area contributed by atoms with Gasteiger partial charge in [-0.3, -0.25) is 0 Å². The SMILES string of the molecule is CCCc1ccc(OCNC(=O)NCCc2cccc(F)c2)cc1. The Morgan fingerprint density at radius 1 is 1.04 bits per heavy atom. The number of aryl methyl sites for hydroxylation is 1. The zero-order valence-corrected chi connectivity index (χ0v) is 13.8. The zero-order chi connectivity index (χ0) is 17.2. The van der Waals surface area contributed by atoms with Gasteiger partial charge in [0.05, 0.1) is 0 Å². The van der Waals surface area contributed by atoms with Crippen molar-refractivity contribution in [2.75, 3.05) is 13.3 Å². The lowest BCUT2D eigenvalue weighted by molar-refractivity contribution is 0.224. The van der Waals surface area contributed by atoms with Crippen LogP contribution >= 0.6 is 0 Å². The van der Waals surface area contributed by atoms with E-state index in [9.17, 15) is 9.18 Å².